The molecule has 0 radical (unpaired) electrons. The fraction of sp³-hybridized carbons (Fsp3) is 0. The number of halogens is 1. The second-order valence-electron chi connectivity index (χ2n) is 2.24. The predicted octanol–water partition coefficient (Wildman–Crippen LogP) is 1.94. The Morgan fingerprint density at radius 2 is 2.25 bits per heavy atom. The first-order chi connectivity index (χ1) is 5.74. The lowest BCUT2D eigenvalue weighted by molar-refractivity contribution is 0.628. The van der Waals surface area contributed by atoms with Crippen molar-refractivity contribution in [2.45, 2.75) is 0 Å². The molecule has 1 aromatic carbocycles. The van der Waals surface area contributed by atoms with Gasteiger partial charge in [0, 0.05) is 11.8 Å². The van der Waals surface area contributed by atoms with Crippen LogP contribution in [-0.4, -0.2) is 0 Å². The highest BCUT2D eigenvalue weighted by atomic mass is 19.1. The normalized spacial score (nSPS) is 10.0. The molecular formula is C9H7FN2. The summed E-state index contributed by atoms with van der Waals surface area (Å²) in [5.74, 6) is -0.374. The van der Waals surface area contributed by atoms with Crippen LogP contribution in [-0.2, 0) is 0 Å². The van der Waals surface area contributed by atoms with Gasteiger partial charge in [-0.05, 0) is 29.8 Å². The van der Waals surface area contributed by atoms with Crippen LogP contribution in [0.3, 0.4) is 0 Å². The SMILES string of the molecule is N#CC=Cc1ccc(F)cc1N. The van der Waals surface area contributed by atoms with Crippen LogP contribution in [0.2, 0.25) is 0 Å². The van der Waals surface area contributed by atoms with Crippen molar-refractivity contribution in [1.82, 2.24) is 0 Å². The van der Waals surface area contributed by atoms with E-state index in [4.69, 9.17) is 11.0 Å². The van der Waals surface area contributed by atoms with Crippen molar-refractivity contribution in [3.05, 3.63) is 35.7 Å². The van der Waals surface area contributed by atoms with E-state index in [0.29, 0.717) is 11.3 Å². The van der Waals surface area contributed by atoms with Gasteiger partial charge in [-0.15, -0.1) is 0 Å². The van der Waals surface area contributed by atoms with E-state index in [0.717, 1.165) is 0 Å². The summed E-state index contributed by atoms with van der Waals surface area (Å²) in [5.41, 5.74) is 6.45. The molecule has 0 heterocycles. The quantitative estimate of drug-likeness (QED) is 0.506. The van der Waals surface area contributed by atoms with Gasteiger partial charge in [-0.3, -0.25) is 0 Å². The van der Waals surface area contributed by atoms with E-state index in [1.807, 2.05) is 6.07 Å². The molecule has 0 aliphatic rings. The fourth-order valence-corrected chi connectivity index (χ4v) is 0.824. The number of allylic oxidation sites excluding steroid dienone is 1. The molecule has 0 saturated carbocycles. The highest BCUT2D eigenvalue weighted by Gasteiger charge is 1.95. The van der Waals surface area contributed by atoms with Crippen LogP contribution < -0.4 is 5.73 Å². The number of anilines is 1. The minimum absolute atomic E-state index is 0.335. The summed E-state index contributed by atoms with van der Waals surface area (Å²) in [7, 11) is 0. The maximum absolute atomic E-state index is 12.5. The molecule has 12 heavy (non-hydrogen) atoms. The molecule has 0 amide bonds. The molecule has 1 aromatic rings. The Balaban J connectivity index is 3.03. The number of hydrogen-bond donors (Lipinski definition) is 1. The number of nitrogens with two attached hydrogens (primary N) is 1. The summed E-state index contributed by atoms with van der Waals surface area (Å²) in [6, 6.07) is 5.87. The Labute approximate surface area is 69.7 Å². The molecular weight excluding hydrogens is 155 g/mol. The van der Waals surface area contributed by atoms with Crippen LogP contribution in [0.15, 0.2) is 24.3 Å². The van der Waals surface area contributed by atoms with Gasteiger partial charge in [-0.1, -0.05) is 0 Å². The van der Waals surface area contributed by atoms with Crippen molar-refractivity contribution in [3.8, 4) is 6.07 Å². The van der Waals surface area contributed by atoms with Gasteiger partial charge in [0.05, 0.1) is 6.07 Å². The first kappa shape index (κ1) is 8.28. The van der Waals surface area contributed by atoms with E-state index >= 15 is 0 Å². The van der Waals surface area contributed by atoms with Crippen LogP contribution in [0, 0.1) is 17.1 Å². The van der Waals surface area contributed by atoms with E-state index in [9.17, 15) is 4.39 Å². The molecule has 2 N–H and O–H groups in total. The molecule has 0 bridgehead atoms. The fourth-order valence-electron chi connectivity index (χ4n) is 0.824. The largest absolute Gasteiger partial charge is 0.398 e. The summed E-state index contributed by atoms with van der Waals surface area (Å²) in [5, 5.41) is 8.22. The molecule has 0 spiro atoms. The molecule has 3 heteroatoms. The molecule has 0 aliphatic heterocycles. The lowest BCUT2D eigenvalue weighted by Gasteiger charge is -1.97. The first-order valence-corrected chi connectivity index (χ1v) is 3.35. The first-order valence-electron chi connectivity index (χ1n) is 3.35. The molecule has 0 unspecified atom stereocenters. The Morgan fingerprint density at radius 3 is 2.83 bits per heavy atom. The zero-order valence-electron chi connectivity index (χ0n) is 6.29. The number of nitriles is 1. The summed E-state index contributed by atoms with van der Waals surface area (Å²) in [4.78, 5) is 0. The van der Waals surface area contributed by atoms with E-state index in [-0.39, 0.29) is 5.82 Å². The van der Waals surface area contributed by atoms with Crippen LogP contribution in [0.4, 0.5) is 10.1 Å². The van der Waals surface area contributed by atoms with Gasteiger partial charge in [-0.2, -0.15) is 5.26 Å². The van der Waals surface area contributed by atoms with E-state index in [1.165, 1.54) is 30.4 Å². The molecule has 2 nitrogen and oxygen atoms in total. The van der Waals surface area contributed by atoms with Crippen LogP contribution in [0.1, 0.15) is 5.56 Å². The minimum Gasteiger partial charge on any atom is -0.398 e. The average Bonchev–Trinajstić information content (AvgIpc) is 2.03. The van der Waals surface area contributed by atoms with Crippen LogP contribution in [0.5, 0.6) is 0 Å². The van der Waals surface area contributed by atoms with Gasteiger partial charge in [0.1, 0.15) is 5.82 Å². The van der Waals surface area contributed by atoms with Gasteiger partial charge in [0.15, 0.2) is 0 Å². The molecule has 0 fully saturated rings. The Bertz CT molecular complexity index is 350. The standard InChI is InChI=1S/C9H7FN2/c10-8-4-3-7(2-1-5-11)9(12)6-8/h1-4,6H,12H2. The molecule has 0 aliphatic carbocycles. The smallest absolute Gasteiger partial charge is 0.125 e. The van der Waals surface area contributed by atoms with Gasteiger partial charge in [0.25, 0.3) is 0 Å². The molecule has 0 saturated heterocycles. The minimum atomic E-state index is -0.374. The maximum atomic E-state index is 12.5. The van der Waals surface area contributed by atoms with E-state index in [1.54, 1.807) is 0 Å². The number of rotatable bonds is 1. The summed E-state index contributed by atoms with van der Waals surface area (Å²) < 4.78 is 12.5. The van der Waals surface area contributed by atoms with E-state index < -0.39 is 0 Å². The summed E-state index contributed by atoms with van der Waals surface area (Å²) in [6.45, 7) is 0. The van der Waals surface area contributed by atoms with Crippen molar-refractivity contribution in [2.75, 3.05) is 5.73 Å². The Kier molecular flexibility index (Phi) is 2.44. The van der Waals surface area contributed by atoms with Gasteiger partial charge >= 0.3 is 0 Å². The third-order valence-electron chi connectivity index (χ3n) is 1.39. The summed E-state index contributed by atoms with van der Waals surface area (Å²) >= 11 is 0. The number of benzene rings is 1. The number of nitrogen functional groups attached to an aromatic ring is 1. The lowest BCUT2D eigenvalue weighted by atomic mass is 10.1. The molecule has 1 rings (SSSR count). The van der Waals surface area contributed by atoms with Crippen molar-refractivity contribution in [1.29, 1.82) is 5.26 Å². The zero-order chi connectivity index (χ0) is 8.97. The van der Waals surface area contributed by atoms with Crippen molar-refractivity contribution in [3.63, 3.8) is 0 Å². The lowest BCUT2D eigenvalue weighted by Crippen LogP contribution is -1.89. The number of hydrogen-bond acceptors (Lipinski definition) is 2. The third-order valence-corrected chi connectivity index (χ3v) is 1.39. The third kappa shape index (κ3) is 1.83. The summed E-state index contributed by atoms with van der Waals surface area (Å²) in [6.07, 6.45) is 2.83. The topological polar surface area (TPSA) is 49.8 Å². The highest BCUT2D eigenvalue weighted by Crippen LogP contribution is 2.14. The van der Waals surface area contributed by atoms with Crippen molar-refractivity contribution in [2.24, 2.45) is 0 Å². The van der Waals surface area contributed by atoms with Gasteiger partial charge in [0.2, 0.25) is 0 Å². The van der Waals surface area contributed by atoms with Gasteiger partial charge < -0.3 is 5.73 Å². The van der Waals surface area contributed by atoms with Crippen molar-refractivity contribution >= 4 is 11.8 Å². The second kappa shape index (κ2) is 3.54. The van der Waals surface area contributed by atoms with Crippen LogP contribution in [0.25, 0.3) is 6.08 Å². The Hall–Kier alpha value is -1.82. The number of nitrogens with zero attached hydrogens (tertiary/aromatic N) is 1. The van der Waals surface area contributed by atoms with Gasteiger partial charge in [-0.25, -0.2) is 4.39 Å². The second-order valence-corrected chi connectivity index (χ2v) is 2.24. The van der Waals surface area contributed by atoms with Crippen LogP contribution >= 0.6 is 0 Å². The maximum Gasteiger partial charge on any atom is 0.125 e. The molecule has 0 aromatic heterocycles. The molecule has 0 atom stereocenters. The molecule has 60 valence electrons. The predicted molar refractivity (Wildman–Crippen MR) is 45.5 cm³/mol. The Morgan fingerprint density at radius 1 is 1.50 bits per heavy atom. The zero-order valence-corrected chi connectivity index (χ0v) is 6.29. The van der Waals surface area contributed by atoms with E-state index in [2.05, 4.69) is 0 Å². The monoisotopic (exact) mass is 162 g/mol. The average molecular weight is 162 g/mol. The highest BCUT2D eigenvalue weighted by molar-refractivity contribution is 5.65. The van der Waals surface area contributed by atoms with Crippen molar-refractivity contribution < 1.29 is 4.39 Å².